The van der Waals surface area contributed by atoms with Crippen molar-refractivity contribution in [1.82, 2.24) is 29.5 Å². The summed E-state index contributed by atoms with van der Waals surface area (Å²) in [6, 6.07) is 9.40. The summed E-state index contributed by atoms with van der Waals surface area (Å²) in [6.45, 7) is 1.45. The van der Waals surface area contributed by atoms with Gasteiger partial charge >= 0.3 is 0 Å². The van der Waals surface area contributed by atoms with E-state index in [-0.39, 0.29) is 17.5 Å². The molecule has 1 N–H and O–H groups in total. The molecule has 4 rings (SSSR count). The summed E-state index contributed by atoms with van der Waals surface area (Å²) in [5, 5.41) is 11.6. The van der Waals surface area contributed by atoms with Crippen molar-refractivity contribution >= 4 is 16.0 Å². The Kier molecular flexibility index (Phi) is 7.40. The van der Waals surface area contributed by atoms with E-state index in [1.165, 1.54) is 45.0 Å². The van der Waals surface area contributed by atoms with Crippen molar-refractivity contribution < 1.29 is 27.0 Å². The Hall–Kier alpha value is -4.04. The lowest BCUT2D eigenvalue weighted by molar-refractivity contribution is 0.0988. The molecule has 0 fully saturated rings. The highest BCUT2D eigenvalue weighted by Gasteiger charge is 2.34. The number of nitrogens with one attached hydrogen (secondary N) is 1. The van der Waals surface area contributed by atoms with Crippen LogP contribution in [0.15, 0.2) is 48.8 Å². The van der Waals surface area contributed by atoms with Crippen LogP contribution in [0.2, 0.25) is 0 Å². The Morgan fingerprint density at radius 2 is 1.73 bits per heavy atom. The van der Waals surface area contributed by atoms with E-state index >= 15 is 0 Å². The second-order valence-electron chi connectivity index (χ2n) is 7.98. The Morgan fingerprint density at radius 1 is 1.03 bits per heavy atom. The third kappa shape index (κ3) is 5.11. The summed E-state index contributed by atoms with van der Waals surface area (Å²) >= 11 is 0. The summed E-state index contributed by atoms with van der Waals surface area (Å²) in [4.78, 5) is 3.98. The number of aryl methyl sites for hydroxylation is 1. The van der Waals surface area contributed by atoms with Gasteiger partial charge in [-0.2, -0.15) is 5.10 Å². The minimum absolute atomic E-state index is 0.128. The molecule has 3 heterocycles. The van der Waals surface area contributed by atoms with Crippen LogP contribution in [-0.2, 0) is 21.8 Å². The molecular weight excluding hydrogens is 505 g/mol. The van der Waals surface area contributed by atoms with E-state index in [1.807, 2.05) is 0 Å². The van der Waals surface area contributed by atoms with Gasteiger partial charge in [-0.05, 0) is 37.3 Å². The number of benzene rings is 1. The number of hydrogen-bond donors (Lipinski definition) is 1. The number of halogens is 1. The summed E-state index contributed by atoms with van der Waals surface area (Å²) in [7, 11) is 1.90. The number of methoxy groups -OCH3 is 3. The van der Waals surface area contributed by atoms with Gasteiger partial charge in [-0.25, -0.2) is 12.8 Å². The highest BCUT2D eigenvalue weighted by atomic mass is 32.2. The van der Waals surface area contributed by atoms with Crippen LogP contribution in [0.25, 0.3) is 17.2 Å². The highest BCUT2D eigenvalue weighted by Crippen LogP contribution is 2.37. The fourth-order valence-electron chi connectivity index (χ4n) is 3.81. The van der Waals surface area contributed by atoms with Gasteiger partial charge in [0, 0.05) is 20.4 Å². The van der Waals surface area contributed by atoms with Gasteiger partial charge in [0.15, 0.2) is 5.82 Å². The van der Waals surface area contributed by atoms with Crippen LogP contribution in [0, 0.1) is 5.82 Å². The van der Waals surface area contributed by atoms with Crippen LogP contribution >= 0.6 is 0 Å². The number of aromatic nitrogens is 6. The lowest BCUT2D eigenvalue weighted by atomic mass is 10.2. The van der Waals surface area contributed by atoms with Crippen molar-refractivity contribution in [2.24, 2.45) is 7.05 Å². The lowest BCUT2D eigenvalue weighted by Gasteiger charge is -2.23. The van der Waals surface area contributed by atoms with Crippen molar-refractivity contribution in [2.45, 2.75) is 18.3 Å². The summed E-state index contributed by atoms with van der Waals surface area (Å²) in [5.74, 6) is 0.341. The maximum atomic E-state index is 13.5. The first-order valence-corrected chi connectivity index (χ1v) is 12.6. The molecule has 0 radical (unpaired) electrons. The van der Waals surface area contributed by atoms with Crippen LogP contribution in [-0.4, -0.2) is 64.5 Å². The number of para-hydroxylation sites is 1. The molecule has 196 valence electrons. The lowest BCUT2D eigenvalue weighted by Crippen LogP contribution is -2.33. The molecule has 0 amide bonds. The predicted molar refractivity (Wildman–Crippen MR) is 133 cm³/mol. The number of anilines is 1. The SMILES string of the molecule is COc1cccc(OC)c1-n1c(NS(=O)(=O)[C@H](C)[C@@H](OC)c2ccc(F)cn2)nnc1-c1ccn(C)n1. The molecule has 12 nitrogen and oxygen atoms in total. The topological polar surface area (TPSA) is 135 Å². The largest absolute Gasteiger partial charge is 0.494 e. The van der Waals surface area contributed by atoms with Crippen molar-refractivity contribution in [1.29, 1.82) is 0 Å². The predicted octanol–water partition coefficient (Wildman–Crippen LogP) is 2.74. The quantitative estimate of drug-likeness (QED) is 0.328. The van der Waals surface area contributed by atoms with Gasteiger partial charge in [0.25, 0.3) is 0 Å². The molecule has 1 aromatic carbocycles. The maximum Gasteiger partial charge on any atom is 0.243 e. The number of hydrogen-bond acceptors (Lipinski definition) is 9. The number of pyridine rings is 1. The fraction of sp³-hybridized carbons (Fsp3) is 0.304. The minimum atomic E-state index is -4.16. The van der Waals surface area contributed by atoms with Crippen LogP contribution in [0.4, 0.5) is 10.3 Å². The zero-order valence-electron chi connectivity index (χ0n) is 20.8. The molecule has 4 aromatic rings. The molecular formula is C23H26FN7O5S. The van der Waals surface area contributed by atoms with E-state index < -0.39 is 27.2 Å². The maximum absolute atomic E-state index is 13.5. The molecule has 0 bridgehead atoms. The molecule has 0 saturated heterocycles. The normalized spacial score (nSPS) is 13.2. The summed E-state index contributed by atoms with van der Waals surface area (Å²) < 4.78 is 62.5. The molecule has 0 spiro atoms. The van der Waals surface area contributed by atoms with E-state index in [9.17, 15) is 12.8 Å². The van der Waals surface area contributed by atoms with Crippen LogP contribution in [0.1, 0.15) is 18.7 Å². The van der Waals surface area contributed by atoms with Gasteiger partial charge in [-0.1, -0.05) is 6.07 Å². The number of sulfonamides is 1. The van der Waals surface area contributed by atoms with Gasteiger partial charge in [-0.3, -0.25) is 19.0 Å². The van der Waals surface area contributed by atoms with E-state index in [1.54, 1.807) is 42.2 Å². The van der Waals surface area contributed by atoms with Gasteiger partial charge in [-0.15, -0.1) is 10.2 Å². The number of rotatable bonds is 10. The van der Waals surface area contributed by atoms with Crippen LogP contribution in [0.3, 0.4) is 0 Å². The average Bonchev–Trinajstić information content (AvgIpc) is 3.50. The number of ether oxygens (including phenoxy) is 3. The molecule has 0 unspecified atom stereocenters. The monoisotopic (exact) mass is 531 g/mol. The van der Waals surface area contributed by atoms with Crippen molar-refractivity contribution in [3.05, 3.63) is 60.3 Å². The Bertz CT molecular complexity index is 1470. The van der Waals surface area contributed by atoms with Gasteiger partial charge in [0.1, 0.15) is 40.1 Å². The first kappa shape index (κ1) is 26.0. The van der Waals surface area contributed by atoms with E-state index in [0.717, 1.165) is 6.20 Å². The summed E-state index contributed by atoms with van der Waals surface area (Å²) in [5.41, 5.74) is 1.06. The Morgan fingerprint density at radius 3 is 2.27 bits per heavy atom. The minimum Gasteiger partial charge on any atom is -0.494 e. The van der Waals surface area contributed by atoms with Crippen molar-refractivity contribution in [3.8, 4) is 28.7 Å². The third-order valence-corrected chi connectivity index (χ3v) is 7.37. The van der Waals surface area contributed by atoms with Crippen LogP contribution in [0.5, 0.6) is 11.5 Å². The molecule has 0 aliphatic rings. The molecule has 14 heteroatoms. The first-order valence-electron chi connectivity index (χ1n) is 11.0. The van der Waals surface area contributed by atoms with Gasteiger partial charge < -0.3 is 14.2 Å². The van der Waals surface area contributed by atoms with Gasteiger partial charge in [0.05, 0.1) is 26.1 Å². The number of nitrogens with zero attached hydrogens (tertiary/aromatic N) is 6. The first-order chi connectivity index (χ1) is 17.7. The van der Waals surface area contributed by atoms with Crippen LogP contribution < -0.4 is 14.2 Å². The second-order valence-corrected chi connectivity index (χ2v) is 10.0. The van der Waals surface area contributed by atoms with E-state index in [0.29, 0.717) is 22.9 Å². The standard InChI is InChI=1S/C23H26FN7O5S/c1-14(21(36-5)16-10-9-15(24)13-25-16)37(32,33)29-23-27-26-22(17-11-12-30(2)28-17)31(23)20-18(34-3)7-6-8-19(20)35-4/h6-14,21H,1-5H3,(H,27,29)/t14-,21-/m1/s1. The van der Waals surface area contributed by atoms with E-state index in [2.05, 4.69) is 25.0 Å². The summed E-state index contributed by atoms with van der Waals surface area (Å²) in [6.07, 6.45) is 1.72. The average molecular weight is 532 g/mol. The molecule has 0 aliphatic carbocycles. The zero-order valence-corrected chi connectivity index (χ0v) is 21.6. The van der Waals surface area contributed by atoms with Crippen molar-refractivity contribution in [2.75, 3.05) is 26.1 Å². The Balaban J connectivity index is 1.82. The smallest absolute Gasteiger partial charge is 0.243 e. The molecule has 0 saturated carbocycles. The fourth-order valence-corrected chi connectivity index (χ4v) is 4.95. The molecule has 0 aliphatic heterocycles. The van der Waals surface area contributed by atoms with E-state index in [4.69, 9.17) is 14.2 Å². The third-order valence-electron chi connectivity index (χ3n) is 5.68. The highest BCUT2D eigenvalue weighted by molar-refractivity contribution is 7.93. The van der Waals surface area contributed by atoms with Gasteiger partial charge in [0.2, 0.25) is 16.0 Å². The molecule has 2 atom stereocenters. The second kappa shape index (κ2) is 10.5. The molecule has 37 heavy (non-hydrogen) atoms. The molecule has 3 aromatic heterocycles. The zero-order chi connectivity index (χ0) is 26.7. The van der Waals surface area contributed by atoms with Crippen molar-refractivity contribution in [3.63, 3.8) is 0 Å². The Labute approximate surface area is 213 Å².